The van der Waals surface area contributed by atoms with E-state index in [2.05, 4.69) is 4.74 Å². The van der Waals surface area contributed by atoms with Crippen molar-refractivity contribution in [2.24, 2.45) is 0 Å². The molecule has 1 rings (SSSR count). The van der Waals surface area contributed by atoms with Crippen molar-refractivity contribution < 1.29 is 9.53 Å². The highest BCUT2D eigenvalue weighted by atomic mass is 16.5. The Balaban J connectivity index is 3.41. The van der Waals surface area contributed by atoms with Gasteiger partial charge < -0.3 is 4.74 Å². The Kier molecular flexibility index (Phi) is 2.32. The second-order valence-electron chi connectivity index (χ2n) is 2.41. The number of hydrogen-bond donors (Lipinski definition) is 1. The molecule has 0 fully saturated rings. The number of carbonyl (C=O) groups is 1. The van der Waals surface area contributed by atoms with Gasteiger partial charge in [0.1, 0.15) is 0 Å². The normalized spacial score (nSPS) is 9.69. The molecule has 0 unspecified atom stereocenters. The zero-order valence-corrected chi connectivity index (χ0v) is 7.16. The molecule has 0 saturated heterocycles. The topological polar surface area (TPSA) is 81.2 Å². The van der Waals surface area contributed by atoms with Crippen LogP contribution in [-0.4, -0.2) is 22.8 Å². The lowest BCUT2D eigenvalue weighted by molar-refractivity contribution is 0.171. The number of H-pyrrole nitrogens is 1. The first kappa shape index (κ1) is 9.24. The Morgan fingerprint density at radius 3 is 2.69 bits per heavy atom. The molecule has 0 aliphatic heterocycles. The minimum absolute atomic E-state index is 0.269. The van der Waals surface area contributed by atoms with E-state index in [9.17, 15) is 14.4 Å². The predicted octanol–water partition coefficient (Wildman–Crippen LogP) is -0.540. The molecule has 6 nitrogen and oxygen atoms in total. The van der Waals surface area contributed by atoms with Crippen molar-refractivity contribution in [3.05, 3.63) is 32.6 Å². The number of carbonyl (C=O) groups excluding carboxylic acids is 1. The lowest BCUT2D eigenvalue weighted by Gasteiger charge is -2.01. The molecule has 1 N–H and O–H groups in total. The van der Waals surface area contributed by atoms with E-state index in [1.54, 1.807) is 0 Å². The number of aryl methyl sites for hydroxylation is 1. The first-order chi connectivity index (χ1) is 6.06. The van der Waals surface area contributed by atoms with Crippen LogP contribution in [0, 0.1) is 6.92 Å². The second-order valence-corrected chi connectivity index (χ2v) is 2.41. The van der Waals surface area contributed by atoms with Crippen LogP contribution in [0.2, 0.25) is 0 Å². The molecule has 1 heterocycles. The third-order valence-corrected chi connectivity index (χ3v) is 1.49. The molecule has 0 aliphatic rings. The van der Waals surface area contributed by atoms with Gasteiger partial charge in [0.2, 0.25) is 0 Å². The molecule has 0 spiro atoms. The SMILES string of the molecule is COC(=O)n1cc(C)c(=O)[nH]c1=O. The van der Waals surface area contributed by atoms with E-state index in [-0.39, 0.29) is 5.56 Å². The van der Waals surface area contributed by atoms with Crippen LogP contribution < -0.4 is 11.2 Å². The molecule has 70 valence electrons. The maximum absolute atomic E-state index is 11.0. The van der Waals surface area contributed by atoms with E-state index in [1.165, 1.54) is 6.92 Å². The number of aromatic nitrogens is 2. The Morgan fingerprint density at radius 2 is 2.15 bits per heavy atom. The van der Waals surface area contributed by atoms with Crippen molar-refractivity contribution in [3.63, 3.8) is 0 Å². The molecule has 13 heavy (non-hydrogen) atoms. The zero-order valence-electron chi connectivity index (χ0n) is 7.16. The lowest BCUT2D eigenvalue weighted by Crippen LogP contribution is -2.34. The number of nitrogens with one attached hydrogen (secondary N) is 1. The number of aromatic amines is 1. The van der Waals surface area contributed by atoms with Crippen molar-refractivity contribution in [1.29, 1.82) is 0 Å². The van der Waals surface area contributed by atoms with Crippen LogP contribution in [0.5, 0.6) is 0 Å². The summed E-state index contributed by atoms with van der Waals surface area (Å²) in [7, 11) is 1.15. The highest BCUT2D eigenvalue weighted by Crippen LogP contribution is 1.85. The van der Waals surface area contributed by atoms with E-state index in [1.807, 2.05) is 4.98 Å². The number of methoxy groups -OCH3 is 1. The Bertz CT molecular complexity index is 443. The quantitative estimate of drug-likeness (QED) is 0.587. The van der Waals surface area contributed by atoms with Gasteiger partial charge in [0.15, 0.2) is 0 Å². The molecule has 0 aliphatic carbocycles. The summed E-state index contributed by atoms with van der Waals surface area (Å²) in [5.74, 6) is 0. The largest absolute Gasteiger partial charge is 0.452 e. The number of hydrogen-bond acceptors (Lipinski definition) is 4. The average molecular weight is 184 g/mol. The smallest absolute Gasteiger partial charge is 0.421 e. The van der Waals surface area contributed by atoms with Gasteiger partial charge in [-0.3, -0.25) is 9.78 Å². The van der Waals surface area contributed by atoms with Gasteiger partial charge in [-0.2, -0.15) is 0 Å². The summed E-state index contributed by atoms with van der Waals surface area (Å²) in [6.07, 6.45) is 0.303. The van der Waals surface area contributed by atoms with Gasteiger partial charge in [-0.1, -0.05) is 0 Å². The minimum atomic E-state index is -0.829. The maximum Gasteiger partial charge on any atom is 0.421 e. The molecular formula is C7H8N2O4. The maximum atomic E-state index is 11.0. The first-order valence-electron chi connectivity index (χ1n) is 3.47. The molecule has 0 radical (unpaired) electrons. The summed E-state index contributed by atoms with van der Waals surface area (Å²) in [6.45, 7) is 1.48. The van der Waals surface area contributed by atoms with Gasteiger partial charge in [0.25, 0.3) is 5.56 Å². The van der Waals surface area contributed by atoms with Crippen molar-refractivity contribution in [2.75, 3.05) is 7.11 Å². The highest BCUT2D eigenvalue weighted by molar-refractivity contribution is 5.69. The summed E-state index contributed by atoms with van der Waals surface area (Å²) in [4.78, 5) is 34.8. The van der Waals surface area contributed by atoms with E-state index in [4.69, 9.17) is 0 Å². The molecule has 6 heteroatoms. The third-order valence-electron chi connectivity index (χ3n) is 1.49. The summed E-state index contributed by atoms with van der Waals surface area (Å²) in [5, 5.41) is 0. The van der Waals surface area contributed by atoms with Crippen LogP contribution in [0.25, 0.3) is 0 Å². The van der Waals surface area contributed by atoms with Crippen molar-refractivity contribution in [2.45, 2.75) is 6.92 Å². The minimum Gasteiger partial charge on any atom is -0.452 e. The van der Waals surface area contributed by atoms with Crippen LogP contribution >= 0.6 is 0 Å². The van der Waals surface area contributed by atoms with Crippen LogP contribution in [0.3, 0.4) is 0 Å². The molecule has 0 amide bonds. The first-order valence-corrected chi connectivity index (χ1v) is 3.47. The molecular weight excluding hydrogens is 176 g/mol. The molecule has 0 aromatic carbocycles. The Labute approximate surface area is 72.8 Å². The zero-order chi connectivity index (χ0) is 10.0. The molecule has 0 bridgehead atoms. The van der Waals surface area contributed by atoms with Crippen LogP contribution in [0.4, 0.5) is 4.79 Å². The van der Waals surface area contributed by atoms with Gasteiger partial charge in [0.05, 0.1) is 7.11 Å². The molecule has 0 atom stereocenters. The Hall–Kier alpha value is -1.85. The number of ether oxygens (including phenoxy) is 1. The van der Waals surface area contributed by atoms with Crippen LogP contribution in [0.15, 0.2) is 15.8 Å². The number of rotatable bonds is 0. The van der Waals surface area contributed by atoms with Gasteiger partial charge in [-0.25, -0.2) is 14.2 Å². The van der Waals surface area contributed by atoms with E-state index in [0.717, 1.165) is 13.3 Å². The fourth-order valence-corrected chi connectivity index (χ4v) is 0.801. The van der Waals surface area contributed by atoms with Gasteiger partial charge in [0, 0.05) is 11.8 Å². The lowest BCUT2D eigenvalue weighted by atomic mass is 10.4. The van der Waals surface area contributed by atoms with Gasteiger partial charge in [-0.15, -0.1) is 0 Å². The summed E-state index contributed by atoms with van der Waals surface area (Å²) >= 11 is 0. The average Bonchev–Trinajstić information content (AvgIpc) is 2.10. The third kappa shape index (κ3) is 1.66. The predicted molar refractivity (Wildman–Crippen MR) is 43.9 cm³/mol. The molecule has 1 aromatic heterocycles. The number of nitrogens with zero attached hydrogens (tertiary/aromatic N) is 1. The molecule has 1 aromatic rings. The van der Waals surface area contributed by atoms with Crippen LogP contribution in [0.1, 0.15) is 5.56 Å². The summed E-state index contributed by atoms with van der Waals surface area (Å²) in [6, 6.07) is 0. The molecule has 0 saturated carbocycles. The highest BCUT2D eigenvalue weighted by Gasteiger charge is 2.07. The van der Waals surface area contributed by atoms with Gasteiger partial charge >= 0.3 is 11.8 Å². The standard InChI is InChI=1S/C7H8N2O4/c1-4-3-9(7(12)13-2)6(11)8-5(4)10/h3H,1-2H3,(H,8,10,11). The second kappa shape index (κ2) is 3.26. The van der Waals surface area contributed by atoms with E-state index in [0.29, 0.717) is 4.57 Å². The van der Waals surface area contributed by atoms with E-state index >= 15 is 0 Å². The monoisotopic (exact) mass is 184 g/mol. The Morgan fingerprint density at radius 1 is 1.54 bits per heavy atom. The fourth-order valence-electron chi connectivity index (χ4n) is 0.801. The fraction of sp³-hybridized carbons (Fsp3) is 0.286. The summed E-state index contributed by atoms with van der Waals surface area (Å²) < 4.78 is 5.01. The van der Waals surface area contributed by atoms with Crippen molar-refractivity contribution in [1.82, 2.24) is 9.55 Å². The van der Waals surface area contributed by atoms with E-state index < -0.39 is 17.3 Å². The van der Waals surface area contributed by atoms with Crippen molar-refractivity contribution in [3.8, 4) is 0 Å². The van der Waals surface area contributed by atoms with Crippen molar-refractivity contribution >= 4 is 6.09 Å². The van der Waals surface area contributed by atoms with Gasteiger partial charge in [-0.05, 0) is 6.92 Å². The van der Waals surface area contributed by atoms with Crippen LogP contribution in [-0.2, 0) is 4.74 Å². The summed E-state index contributed by atoms with van der Waals surface area (Å²) in [5.41, 5.74) is -1.04.